The van der Waals surface area contributed by atoms with Crippen molar-refractivity contribution in [1.82, 2.24) is 19.8 Å². The highest BCUT2D eigenvalue weighted by Crippen LogP contribution is 2.27. The molecule has 2 aromatic heterocycles. The van der Waals surface area contributed by atoms with E-state index in [0.29, 0.717) is 17.0 Å². The second kappa shape index (κ2) is 5.32. The zero-order chi connectivity index (χ0) is 15.7. The second-order valence-electron chi connectivity index (χ2n) is 4.42. The van der Waals surface area contributed by atoms with Gasteiger partial charge in [0.25, 0.3) is 5.56 Å². The van der Waals surface area contributed by atoms with Crippen LogP contribution in [0.25, 0.3) is 16.8 Å². The molecule has 0 aliphatic rings. The summed E-state index contributed by atoms with van der Waals surface area (Å²) >= 11 is 0. The normalized spacial score (nSPS) is 10.6. The Morgan fingerprint density at radius 1 is 1.27 bits per heavy atom. The molecule has 0 aliphatic carbocycles. The number of hydrogen-bond donors (Lipinski definition) is 1. The van der Waals surface area contributed by atoms with Crippen LogP contribution in [-0.2, 0) is 4.74 Å². The fraction of sp³-hybridized carbons (Fsp3) is 0.143. The van der Waals surface area contributed by atoms with Crippen molar-refractivity contribution in [3.05, 3.63) is 46.5 Å². The standard InChI is InChI=1S/C14H12N4O4/c1-21-10-6-4-3-5-8(10)9-7-18-12(13(19)15-9)11(16-17-18)14(20)22-2/h3-7H,1-2H3,(H,15,19). The number of rotatable bonds is 3. The van der Waals surface area contributed by atoms with Crippen molar-refractivity contribution in [1.29, 1.82) is 0 Å². The number of carbonyl (C=O) groups is 1. The average Bonchev–Trinajstić information content (AvgIpc) is 2.98. The van der Waals surface area contributed by atoms with Crippen molar-refractivity contribution < 1.29 is 14.3 Å². The van der Waals surface area contributed by atoms with Gasteiger partial charge in [-0.05, 0) is 12.1 Å². The van der Waals surface area contributed by atoms with E-state index in [1.807, 2.05) is 12.1 Å². The van der Waals surface area contributed by atoms with Crippen LogP contribution in [0.3, 0.4) is 0 Å². The summed E-state index contributed by atoms with van der Waals surface area (Å²) in [6, 6.07) is 7.22. The van der Waals surface area contributed by atoms with E-state index in [1.165, 1.54) is 11.6 Å². The highest BCUT2D eigenvalue weighted by molar-refractivity contribution is 5.94. The topological polar surface area (TPSA) is 98.6 Å². The van der Waals surface area contributed by atoms with Crippen LogP contribution in [0.2, 0.25) is 0 Å². The summed E-state index contributed by atoms with van der Waals surface area (Å²) in [5.41, 5.74) is 0.602. The van der Waals surface area contributed by atoms with Crippen LogP contribution in [0.5, 0.6) is 5.75 Å². The smallest absolute Gasteiger partial charge is 0.361 e. The minimum absolute atomic E-state index is 0.0329. The Labute approximate surface area is 124 Å². The molecule has 0 amide bonds. The van der Waals surface area contributed by atoms with Crippen molar-refractivity contribution in [2.75, 3.05) is 14.2 Å². The largest absolute Gasteiger partial charge is 0.496 e. The van der Waals surface area contributed by atoms with E-state index in [1.54, 1.807) is 25.4 Å². The molecule has 0 radical (unpaired) electrons. The number of para-hydroxylation sites is 1. The first-order valence-corrected chi connectivity index (χ1v) is 6.35. The first kappa shape index (κ1) is 13.8. The number of nitrogens with zero attached hydrogens (tertiary/aromatic N) is 3. The maximum atomic E-state index is 12.3. The minimum Gasteiger partial charge on any atom is -0.496 e. The Bertz CT molecular complexity index is 913. The van der Waals surface area contributed by atoms with Gasteiger partial charge in [0.2, 0.25) is 5.69 Å². The van der Waals surface area contributed by atoms with Crippen LogP contribution in [0, 0.1) is 0 Å². The maximum Gasteiger partial charge on any atom is 0.361 e. The van der Waals surface area contributed by atoms with Crippen molar-refractivity contribution in [2.45, 2.75) is 0 Å². The molecule has 1 aromatic carbocycles. The molecule has 8 nitrogen and oxygen atoms in total. The number of ether oxygens (including phenoxy) is 2. The van der Waals surface area contributed by atoms with Gasteiger partial charge in [-0.15, -0.1) is 5.10 Å². The van der Waals surface area contributed by atoms with Crippen LogP contribution in [0.15, 0.2) is 35.3 Å². The molecule has 0 fully saturated rings. The molecule has 0 spiro atoms. The molecule has 0 atom stereocenters. The number of aromatic nitrogens is 4. The van der Waals surface area contributed by atoms with Crippen LogP contribution >= 0.6 is 0 Å². The number of aromatic amines is 1. The van der Waals surface area contributed by atoms with E-state index in [2.05, 4.69) is 20.0 Å². The van der Waals surface area contributed by atoms with Gasteiger partial charge in [0.05, 0.1) is 26.1 Å². The molecule has 0 saturated heterocycles. The summed E-state index contributed by atoms with van der Waals surface area (Å²) in [6.45, 7) is 0. The average molecular weight is 300 g/mol. The lowest BCUT2D eigenvalue weighted by atomic mass is 10.1. The van der Waals surface area contributed by atoms with Crippen LogP contribution in [-0.4, -0.2) is 40.0 Å². The molecular formula is C14H12N4O4. The number of hydrogen-bond acceptors (Lipinski definition) is 6. The van der Waals surface area contributed by atoms with E-state index >= 15 is 0 Å². The Hall–Kier alpha value is -3.16. The zero-order valence-corrected chi connectivity index (χ0v) is 11.9. The van der Waals surface area contributed by atoms with E-state index in [9.17, 15) is 9.59 Å². The maximum absolute atomic E-state index is 12.3. The molecule has 8 heteroatoms. The molecule has 112 valence electrons. The SMILES string of the molecule is COC(=O)c1nnn2cc(-c3ccccc3OC)[nH]c(=O)c12. The highest BCUT2D eigenvalue weighted by Gasteiger charge is 2.19. The van der Waals surface area contributed by atoms with Crippen LogP contribution in [0.1, 0.15) is 10.5 Å². The Balaban J connectivity index is 2.23. The summed E-state index contributed by atoms with van der Waals surface area (Å²) < 4.78 is 11.1. The van der Waals surface area contributed by atoms with Gasteiger partial charge >= 0.3 is 5.97 Å². The predicted molar refractivity (Wildman–Crippen MR) is 76.9 cm³/mol. The summed E-state index contributed by atoms with van der Waals surface area (Å²) in [5, 5.41) is 7.49. The molecule has 22 heavy (non-hydrogen) atoms. The van der Waals surface area contributed by atoms with Crippen molar-refractivity contribution in [2.24, 2.45) is 0 Å². The lowest BCUT2D eigenvalue weighted by molar-refractivity contribution is 0.0596. The molecule has 1 N–H and O–H groups in total. The third-order valence-electron chi connectivity index (χ3n) is 3.19. The van der Waals surface area contributed by atoms with Crippen molar-refractivity contribution in [3.63, 3.8) is 0 Å². The first-order chi connectivity index (χ1) is 10.7. The lowest BCUT2D eigenvalue weighted by Crippen LogP contribution is -2.14. The molecule has 0 aliphatic heterocycles. The van der Waals surface area contributed by atoms with Gasteiger partial charge in [-0.1, -0.05) is 17.3 Å². The summed E-state index contributed by atoms with van der Waals surface area (Å²) in [4.78, 5) is 26.6. The fourth-order valence-electron chi connectivity index (χ4n) is 2.17. The first-order valence-electron chi connectivity index (χ1n) is 6.35. The Morgan fingerprint density at radius 2 is 2.05 bits per heavy atom. The molecular weight excluding hydrogens is 288 g/mol. The number of fused-ring (bicyclic) bond motifs is 1. The summed E-state index contributed by atoms with van der Waals surface area (Å²) in [7, 11) is 2.76. The van der Waals surface area contributed by atoms with Crippen molar-refractivity contribution in [3.8, 4) is 17.0 Å². The monoisotopic (exact) mass is 300 g/mol. The fourth-order valence-corrected chi connectivity index (χ4v) is 2.17. The van der Waals surface area contributed by atoms with Gasteiger partial charge in [0.1, 0.15) is 5.75 Å². The van der Waals surface area contributed by atoms with Gasteiger partial charge in [-0.25, -0.2) is 9.31 Å². The number of H-pyrrole nitrogens is 1. The molecule has 2 heterocycles. The molecule has 0 saturated carbocycles. The van der Waals surface area contributed by atoms with E-state index in [-0.39, 0.29) is 11.2 Å². The van der Waals surface area contributed by atoms with Gasteiger partial charge in [-0.3, -0.25) is 4.79 Å². The molecule has 3 rings (SSSR count). The van der Waals surface area contributed by atoms with Crippen molar-refractivity contribution >= 4 is 11.5 Å². The quantitative estimate of drug-likeness (QED) is 0.721. The van der Waals surface area contributed by atoms with E-state index < -0.39 is 11.5 Å². The van der Waals surface area contributed by atoms with E-state index in [0.717, 1.165) is 0 Å². The third kappa shape index (κ3) is 2.10. The number of methoxy groups -OCH3 is 2. The minimum atomic E-state index is -0.717. The Morgan fingerprint density at radius 3 is 2.77 bits per heavy atom. The van der Waals surface area contributed by atoms with Gasteiger partial charge in [0.15, 0.2) is 5.52 Å². The number of carbonyl (C=O) groups excluding carboxylic acids is 1. The highest BCUT2D eigenvalue weighted by atomic mass is 16.5. The van der Waals surface area contributed by atoms with Crippen LogP contribution in [0.4, 0.5) is 0 Å². The third-order valence-corrected chi connectivity index (χ3v) is 3.19. The lowest BCUT2D eigenvalue weighted by Gasteiger charge is -2.08. The Kier molecular flexibility index (Phi) is 3.34. The van der Waals surface area contributed by atoms with E-state index in [4.69, 9.17) is 4.74 Å². The summed E-state index contributed by atoms with van der Waals surface area (Å²) in [6.07, 6.45) is 1.56. The summed E-state index contributed by atoms with van der Waals surface area (Å²) in [5.74, 6) is -0.114. The number of benzene rings is 1. The van der Waals surface area contributed by atoms with Gasteiger partial charge in [0, 0.05) is 5.56 Å². The molecule has 3 aromatic rings. The predicted octanol–water partition coefficient (Wildman–Crippen LogP) is 0.880. The zero-order valence-electron chi connectivity index (χ0n) is 11.9. The van der Waals surface area contributed by atoms with Crippen LogP contribution < -0.4 is 10.3 Å². The second-order valence-corrected chi connectivity index (χ2v) is 4.42. The molecule has 0 bridgehead atoms. The van der Waals surface area contributed by atoms with Gasteiger partial charge < -0.3 is 14.5 Å². The number of esters is 1. The molecule has 0 unspecified atom stereocenters. The van der Waals surface area contributed by atoms with Gasteiger partial charge in [-0.2, -0.15) is 0 Å². The number of nitrogens with one attached hydrogen (secondary N) is 1.